The standard InChI is InChI=1S/C23H22F4N4O2S/c1-14(23(25,26)27)30-34(32,33)17-8-10-20(29-13-17)22-19(12-28)18-9-7-15(24)11-21(18)31(22)16-5-3-2-4-6-16/h7-11,13-14,16,30H,2-6H2,1H3/t14-/m1/s1. The van der Waals surface area contributed by atoms with Crippen LogP contribution < -0.4 is 4.72 Å². The van der Waals surface area contributed by atoms with Gasteiger partial charge >= 0.3 is 6.18 Å². The lowest BCUT2D eigenvalue weighted by Crippen LogP contribution is -2.42. The van der Waals surface area contributed by atoms with Gasteiger partial charge in [0.05, 0.1) is 22.5 Å². The van der Waals surface area contributed by atoms with Crippen molar-refractivity contribution in [1.82, 2.24) is 14.3 Å². The van der Waals surface area contributed by atoms with Crippen LogP contribution in [0.5, 0.6) is 0 Å². The Kier molecular flexibility index (Phi) is 6.40. The average Bonchev–Trinajstić information content (AvgIpc) is 3.12. The summed E-state index contributed by atoms with van der Waals surface area (Å²) in [4.78, 5) is 3.77. The van der Waals surface area contributed by atoms with Crippen molar-refractivity contribution in [1.29, 1.82) is 5.26 Å². The zero-order valence-electron chi connectivity index (χ0n) is 18.2. The normalized spacial score (nSPS) is 16.5. The monoisotopic (exact) mass is 494 g/mol. The second-order valence-corrected chi connectivity index (χ2v) is 10.1. The van der Waals surface area contributed by atoms with Crippen LogP contribution in [0.4, 0.5) is 17.6 Å². The summed E-state index contributed by atoms with van der Waals surface area (Å²) >= 11 is 0. The Hall–Kier alpha value is -2.97. The van der Waals surface area contributed by atoms with Crippen LogP contribution in [0.25, 0.3) is 22.3 Å². The largest absolute Gasteiger partial charge is 0.404 e. The predicted octanol–water partition coefficient (Wildman–Crippen LogP) is 5.45. The summed E-state index contributed by atoms with van der Waals surface area (Å²) in [7, 11) is -4.47. The molecule has 4 rings (SSSR count). The molecule has 180 valence electrons. The molecule has 6 nitrogen and oxygen atoms in total. The van der Waals surface area contributed by atoms with E-state index >= 15 is 0 Å². The van der Waals surface area contributed by atoms with E-state index in [1.165, 1.54) is 24.3 Å². The molecule has 0 amide bonds. The van der Waals surface area contributed by atoms with Crippen molar-refractivity contribution in [2.45, 2.75) is 62.2 Å². The van der Waals surface area contributed by atoms with Crippen molar-refractivity contribution in [2.24, 2.45) is 0 Å². The van der Waals surface area contributed by atoms with E-state index in [4.69, 9.17) is 0 Å². The van der Waals surface area contributed by atoms with Gasteiger partial charge in [-0.25, -0.2) is 12.8 Å². The summed E-state index contributed by atoms with van der Waals surface area (Å²) in [5, 5.41) is 10.5. The van der Waals surface area contributed by atoms with Crippen LogP contribution >= 0.6 is 0 Å². The first-order valence-electron chi connectivity index (χ1n) is 10.8. The van der Waals surface area contributed by atoms with Gasteiger partial charge < -0.3 is 4.57 Å². The molecule has 0 aliphatic heterocycles. The molecule has 0 bridgehead atoms. The molecule has 2 aromatic heterocycles. The van der Waals surface area contributed by atoms with Gasteiger partial charge in [0.2, 0.25) is 10.0 Å². The van der Waals surface area contributed by atoms with E-state index in [1.54, 1.807) is 4.72 Å². The molecule has 2 heterocycles. The lowest BCUT2D eigenvalue weighted by Gasteiger charge is -2.26. The van der Waals surface area contributed by atoms with Gasteiger partial charge in [0, 0.05) is 17.6 Å². The molecular formula is C23H22F4N4O2S. The summed E-state index contributed by atoms with van der Waals surface area (Å²) in [6.07, 6.45) is 0.944. The van der Waals surface area contributed by atoms with Crippen LogP contribution in [0.1, 0.15) is 50.6 Å². The minimum Gasteiger partial charge on any atom is -0.335 e. The van der Waals surface area contributed by atoms with Gasteiger partial charge in [-0.1, -0.05) is 19.3 Å². The van der Waals surface area contributed by atoms with Crippen molar-refractivity contribution in [3.05, 3.63) is 47.9 Å². The average molecular weight is 495 g/mol. The number of fused-ring (bicyclic) bond motifs is 1. The number of aromatic nitrogens is 2. The molecule has 0 radical (unpaired) electrons. The van der Waals surface area contributed by atoms with Crippen molar-refractivity contribution >= 4 is 20.9 Å². The third-order valence-electron chi connectivity index (χ3n) is 6.13. The van der Waals surface area contributed by atoms with Gasteiger partial charge in [-0.05, 0) is 50.1 Å². The fourth-order valence-electron chi connectivity index (χ4n) is 4.41. The van der Waals surface area contributed by atoms with E-state index in [2.05, 4.69) is 11.1 Å². The highest BCUT2D eigenvalue weighted by atomic mass is 32.2. The molecule has 1 saturated carbocycles. The van der Waals surface area contributed by atoms with Gasteiger partial charge in [0.15, 0.2) is 0 Å². The third kappa shape index (κ3) is 4.52. The molecule has 0 saturated heterocycles. The summed E-state index contributed by atoms with van der Waals surface area (Å²) in [6, 6.07) is 6.59. The molecule has 0 unspecified atom stereocenters. The molecule has 11 heteroatoms. The molecule has 1 fully saturated rings. The number of rotatable bonds is 5. The van der Waals surface area contributed by atoms with E-state index in [0.717, 1.165) is 44.4 Å². The van der Waals surface area contributed by atoms with Crippen LogP contribution in [-0.2, 0) is 10.0 Å². The lowest BCUT2D eigenvalue weighted by atomic mass is 9.95. The van der Waals surface area contributed by atoms with E-state index in [1.807, 2.05) is 4.57 Å². The highest BCUT2D eigenvalue weighted by Crippen LogP contribution is 2.40. The Labute approximate surface area is 194 Å². The van der Waals surface area contributed by atoms with Crippen molar-refractivity contribution < 1.29 is 26.0 Å². The van der Waals surface area contributed by atoms with Crippen LogP contribution in [0.15, 0.2) is 41.4 Å². The summed E-state index contributed by atoms with van der Waals surface area (Å²) in [5.41, 5.74) is 1.56. The summed E-state index contributed by atoms with van der Waals surface area (Å²) in [6.45, 7) is 0.709. The number of halogens is 4. The molecular weight excluding hydrogens is 472 g/mol. The molecule has 1 aliphatic rings. The second-order valence-electron chi connectivity index (χ2n) is 8.42. The molecule has 3 aromatic rings. The topological polar surface area (TPSA) is 87.8 Å². The van der Waals surface area contributed by atoms with E-state index in [0.29, 0.717) is 23.5 Å². The third-order valence-corrected chi connectivity index (χ3v) is 7.66. The Morgan fingerprint density at radius 1 is 1.18 bits per heavy atom. The maximum absolute atomic E-state index is 14.1. The molecule has 1 N–H and O–H groups in total. The number of nitriles is 1. The lowest BCUT2D eigenvalue weighted by molar-refractivity contribution is -0.147. The zero-order valence-corrected chi connectivity index (χ0v) is 19.0. The quantitative estimate of drug-likeness (QED) is 0.478. The van der Waals surface area contributed by atoms with Gasteiger partial charge in [0.1, 0.15) is 22.8 Å². The highest BCUT2D eigenvalue weighted by Gasteiger charge is 2.39. The first-order valence-corrected chi connectivity index (χ1v) is 12.3. The van der Waals surface area contributed by atoms with Crippen molar-refractivity contribution in [3.63, 3.8) is 0 Å². The number of nitrogens with zero attached hydrogens (tertiary/aromatic N) is 3. The van der Waals surface area contributed by atoms with Crippen molar-refractivity contribution in [2.75, 3.05) is 0 Å². The van der Waals surface area contributed by atoms with Crippen LogP contribution in [0, 0.1) is 17.1 Å². The van der Waals surface area contributed by atoms with Crippen molar-refractivity contribution in [3.8, 4) is 17.5 Å². The first-order chi connectivity index (χ1) is 16.0. The molecule has 0 spiro atoms. The number of pyridine rings is 1. The van der Waals surface area contributed by atoms with Crippen LogP contribution in [0.3, 0.4) is 0 Å². The van der Waals surface area contributed by atoms with E-state index in [9.17, 15) is 31.2 Å². The number of nitrogens with one attached hydrogen (secondary N) is 1. The smallest absolute Gasteiger partial charge is 0.335 e. The minimum absolute atomic E-state index is 0.00895. The Morgan fingerprint density at radius 2 is 1.88 bits per heavy atom. The zero-order chi connectivity index (χ0) is 24.7. The fraction of sp³-hybridized carbons (Fsp3) is 0.391. The molecule has 1 atom stereocenters. The van der Waals surface area contributed by atoms with E-state index < -0.39 is 33.0 Å². The number of benzene rings is 1. The Morgan fingerprint density at radius 3 is 2.47 bits per heavy atom. The number of hydrogen-bond donors (Lipinski definition) is 1. The first kappa shape index (κ1) is 24.2. The Bertz CT molecular complexity index is 1350. The molecule has 1 aromatic carbocycles. The number of sulfonamides is 1. The maximum atomic E-state index is 14.1. The number of alkyl halides is 3. The number of hydrogen-bond acceptors (Lipinski definition) is 4. The maximum Gasteiger partial charge on any atom is 0.404 e. The van der Waals surface area contributed by atoms with Gasteiger partial charge in [-0.2, -0.15) is 23.2 Å². The summed E-state index contributed by atoms with van der Waals surface area (Å²) < 4.78 is 80.9. The van der Waals surface area contributed by atoms with Gasteiger partial charge in [-0.15, -0.1) is 0 Å². The molecule has 1 aliphatic carbocycles. The van der Waals surface area contributed by atoms with E-state index in [-0.39, 0.29) is 17.3 Å². The Balaban J connectivity index is 1.82. The summed E-state index contributed by atoms with van der Waals surface area (Å²) in [5.74, 6) is -0.447. The van der Waals surface area contributed by atoms with Gasteiger partial charge in [0.25, 0.3) is 0 Å². The van der Waals surface area contributed by atoms with Crippen LogP contribution in [-0.4, -0.2) is 30.2 Å². The van der Waals surface area contributed by atoms with Crippen LogP contribution in [0.2, 0.25) is 0 Å². The predicted molar refractivity (Wildman–Crippen MR) is 118 cm³/mol. The van der Waals surface area contributed by atoms with Gasteiger partial charge in [-0.3, -0.25) is 4.98 Å². The second kappa shape index (κ2) is 9.00. The fourth-order valence-corrected chi connectivity index (χ4v) is 5.59. The molecule has 34 heavy (non-hydrogen) atoms. The highest BCUT2D eigenvalue weighted by molar-refractivity contribution is 7.89. The minimum atomic E-state index is -4.74. The SMILES string of the molecule is C[C@@H](NS(=O)(=O)c1ccc(-c2c(C#N)c3ccc(F)cc3n2C2CCCCC2)nc1)C(F)(F)F.